The minimum Gasteiger partial charge on any atom is -0.390 e. The van der Waals surface area contributed by atoms with Gasteiger partial charge in [0.25, 0.3) is 0 Å². The second kappa shape index (κ2) is 18.0. The van der Waals surface area contributed by atoms with Crippen LogP contribution in [0.1, 0.15) is 195 Å². The zero-order valence-electron chi connectivity index (χ0n) is 38.5. The number of hydrogen-bond acceptors (Lipinski definition) is 8. The molecule has 0 aromatic carbocycles. The highest BCUT2D eigenvalue weighted by atomic mass is 16.3. The van der Waals surface area contributed by atoms with Crippen LogP contribution in [0.3, 0.4) is 0 Å². The van der Waals surface area contributed by atoms with E-state index in [1.165, 1.54) is 64.2 Å². The minimum atomic E-state index is -0.462. The summed E-state index contributed by atoms with van der Waals surface area (Å²) >= 11 is 0. The van der Waals surface area contributed by atoms with Gasteiger partial charge in [-0.15, -0.1) is 0 Å². The van der Waals surface area contributed by atoms with Crippen LogP contribution in [-0.2, 0) is 9.59 Å². The smallest absolute Gasteiger partial charge is 0.160 e. The lowest BCUT2D eigenvalue weighted by molar-refractivity contribution is -0.135. The zero-order valence-corrected chi connectivity index (χ0v) is 38.5. The molecule has 8 aliphatic carbocycles. The Labute approximate surface area is 385 Å². The van der Waals surface area contributed by atoms with Crippen LogP contribution in [0.5, 0.6) is 0 Å². The van der Waals surface area contributed by atoms with Gasteiger partial charge in [-0.2, -0.15) is 20.7 Å². The maximum absolute atomic E-state index is 13.6. The lowest BCUT2D eigenvalue weighted by Crippen LogP contribution is -2.51. The van der Waals surface area contributed by atoms with Crippen LogP contribution in [0.4, 0.5) is 0 Å². The van der Waals surface area contributed by atoms with E-state index >= 15 is 0 Å². The van der Waals surface area contributed by atoms with Crippen LogP contribution in [0, 0.1) is 105 Å². The van der Waals surface area contributed by atoms with Crippen molar-refractivity contribution in [3.8, 4) is 12.1 Å². The lowest BCUT2D eigenvalue weighted by Gasteiger charge is -2.57. The lowest BCUT2D eigenvalue weighted by atomic mass is 9.49. The van der Waals surface area contributed by atoms with Crippen LogP contribution in [-0.4, -0.2) is 52.5 Å². The van der Waals surface area contributed by atoms with Gasteiger partial charge in [-0.05, 0) is 213 Å². The number of carbonyl (C=O) groups is 2. The van der Waals surface area contributed by atoms with Crippen molar-refractivity contribution in [1.82, 2.24) is 19.6 Å². The minimum absolute atomic E-state index is 0. The van der Waals surface area contributed by atoms with Crippen molar-refractivity contribution in [2.24, 2.45) is 81.8 Å². The van der Waals surface area contributed by atoms with Crippen molar-refractivity contribution in [1.29, 1.82) is 10.5 Å². The molecule has 10 nitrogen and oxygen atoms in total. The third kappa shape index (κ3) is 8.37. The largest absolute Gasteiger partial charge is 0.390 e. The van der Waals surface area contributed by atoms with Crippen molar-refractivity contribution >= 4 is 11.6 Å². The number of aromatic nitrogens is 4. The molecule has 0 aliphatic heterocycles. The van der Waals surface area contributed by atoms with Gasteiger partial charge in [-0.3, -0.25) is 19.0 Å². The van der Waals surface area contributed by atoms with Crippen LogP contribution >= 0.6 is 0 Å². The van der Waals surface area contributed by atoms with Gasteiger partial charge in [0.15, 0.2) is 11.6 Å². The summed E-state index contributed by atoms with van der Waals surface area (Å²) in [6.45, 7) is 12.7. The van der Waals surface area contributed by atoms with Gasteiger partial charge in [0, 0.05) is 24.2 Å². The van der Waals surface area contributed by atoms with Crippen molar-refractivity contribution < 1.29 is 19.8 Å². The van der Waals surface area contributed by atoms with E-state index in [4.69, 9.17) is 10.5 Å². The molecule has 10 rings (SSSR count). The first-order valence-electron chi connectivity index (χ1n) is 24.9. The average Bonchev–Trinajstić information content (AvgIpc) is 4.06. The molecule has 10 heteroatoms. The number of ketones is 2. The Kier molecular flexibility index (Phi) is 13.7. The Morgan fingerprint density at radius 1 is 0.578 bits per heavy atom. The monoisotopic (exact) mass is 879 g/mol. The molecule has 2 heterocycles. The SMILES string of the molecule is C.C.C[C@@H](C(=O)[C@H]1CC[C@H]2[C@@H]3CC[C@H]4C[C@](C)(O)CC[C@@H]4[C@H]3CC[C@]12C)n1cc(C#N)cn1.C[C@H](C(=O)[C@H]1CC[C@H]2[C@@H]3CC[C@H]4C[C@](C)(O)CC[C@@H]4[C@H]3CC[C@]12C)n1cc(C#N)cn1. The van der Waals surface area contributed by atoms with Crippen LogP contribution in [0.2, 0.25) is 0 Å². The highest BCUT2D eigenvalue weighted by Crippen LogP contribution is 2.67. The number of aliphatic hydroxyl groups is 2. The van der Waals surface area contributed by atoms with Crippen molar-refractivity contribution in [2.75, 3.05) is 0 Å². The third-order valence-corrected chi connectivity index (χ3v) is 20.2. The summed E-state index contributed by atoms with van der Waals surface area (Å²) in [6, 6.07) is 3.61. The summed E-state index contributed by atoms with van der Waals surface area (Å²) < 4.78 is 3.37. The third-order valence-electron chi connectivity index (χ3n) is 20.2. The molecule has 0 radical (unpaired) electrons. The molecule has 0 spiro atoms. The Hall–Kier alpha value is -3.34. The zero-order chi connectivity index (χ0) is 43.9. The number of rotatable bonds is 6. The molecule has 0 bridgehead atoms. The second-order valence-corrected chi connectivity index (χ2v) is 23.5. The molecule has 0 unspecified atom stereocenters. The average molecular weight is 879 g/mol. The molecule has 8 saturated carbocycles. The molecule has 352 valence electrons. The van der Waals surface area contributed by atoms with Gasteiger partial charge in [-0.1, -0.05) is 28.7 Å². The van der Waals surface area contributed by atoms with Crippen LogP contribution in [0.15, 0.2) is 24.8 Å². The molecule has 2 N–H and O–H groups in total. The van der Waals surface area contributed by atoms with E-state index in [1.54, 1.807) is 34.2 Å². The van der Waals surface area contributed by atoms with E-state index in [0.717, 1.165) is 86.9 Å². The number of Topliss-reactive ketones (excluding diaryl/α,β-unsaturated/α-hetero) is 2. The second-order valence-electron chi connectivity index (χ2n) is 23.5. The summed E-state index contributed by atoms with van der Waals surface area (Å²) in [5.41, 5.74) is 0.305. The van der Waals surface area contributed by atoms with Crippen molar-refractivity contribution in [3.63, 3.8) is 0 Å². The van der Waals surface area contributed by atoms with E-state index in [0.29, 0.717) is 46.4 Å². The fraction of sp³-hybridized carbons (Fsp3) is 0.815. The topological polar surface area (TPSA) is 158 Å². The highest BCUT2D eigenvalue weighted by Gasteiger charge is 2.61. The van der Waals surface area contributed by atoms with Gasteiger partial charge in [-0.25, -0.2) is 0 Å². The molecule has 2 aromatic rings. The summed E-state index contributed by atoms with van der Waals surface area (Å²) in [6.07, 6.45) is 27.0. The summed E-state index contributed by atoms with van der Waals surface area (Å²) in [7, 11) is 0. The predicted molar refractivity (Wildman–Crippen MR) is 249 cm³/mol. The van der Waals surface area contributed by atoms with Crippen molar-refractivity contribution in [2.45, 2.75) is 195 Å². The Bertz CT molecular complexity index is 1940. The van der Waals surface area contributed by atoms with Crippen molar-refractivity contribution in [3.05, 3.63) is 35.9 Å². The van der Waals surface area contributed by atoms with Gasteiger partial charge < -0.3 is 10.2 Å². The molecule has 0 saturated heterocycles. The van der Waals surface area contributed by atoms with Crippen LogP contribution in [0.25, 0.3) is 0 Å². The first-order chi connectivity index (χ1) is 29.5. The predicted octanol–water partition coefficient (Wildman–Crippen LogP) is 11.1. The summed E-state index contributed by atoms with van der Waals surface area (Å²) in [5.74, 6) is 8.19. The highest BCUT2D eigenvalue weighted by molar-refractivity contribution is 5.86. The first kappa shape index (κ1) is 48.6. The summed E-state index contributed by atoms with van der Waals surface area (Å²) in [5, 5.41) is 48.0. The Morgan fingerprint density at radius 3 is 1.31 bits per heavy atom. The number of carbonyl (C=O) groups excluding carboxylic acids is 2. The maximum atomic E-state index is 13.6. The first-order valence-corrected chi connectivity index (χ1v) is 24.9. The molecule has 64 heavy (non-hydrogen) atoms. The van der Waals surface area contributed by atoms with E-state index in [-0.39, 0.29) is 49.6 Å². The van der Waals surface area contributed by atoms with E-state index in [1.807, 2.05) is 27.7 Å². The molecule has 0 amide bonds. The van der Waals surface area contributed by atoms with E-state index in [9.17, 15) is 19.8 Å². The Balaban J connectivity index is 0.000000186. The Morgan fingerprint density at radius 2 is 0.953 bits per heavy atom. The molecular weight excluding hydrogens is 797 g/mol. The fourth-order valence-corrected chi connectivity index (χ4v) is 17.2. The van der Waals surface area contributed by atoms with E-state index < -0.39 is 11.2 Å². The fourth-order valence-electron chi connectivity index (χ4n) is 17.2. The van der Waals surface area contributed by atoms with E-state index in [2.05, 4.69) is 36.2 Å². The number of nitriles is 2. The molecule has 18 atom stereocenters. The van der Waals surface area contributed by atoms with Gasteiger partial charge in [0.2, 0.25) is 0 Å². The van der Waals surface area contributed by atoms with Crippen LogP contribution < -0.4 is 0 Å². The molecule has 8 aliphatic rings. The van der Waals surface area contributed by atoms with Gasteiger partial charge in [0.05, 0.1) is 34.7 Å². The van der Waals surface area contributed by atoms with Gasteiger partial charge in [0.1, 0.15) is 24.2 Å². The van der Waals surface area contributed by atoms with Gasteiger partial charge >= 0.3 is 0 Å². The number of hydrogen-bond donors (Lipinski definition) is 2. The quantitative estimate of drug-likeness (QED) is 0.290. The molecule has 8 fully saturated rings. The normalized spacial score (nSPS) is 43.7. The molecule has 2 aromatic heterocycles. The maximum Gasteiger partial charge on any atom is 0.160 e. The number of nitrogens with zero attached hydrogens (tertiary/aromatic N) is 6. The standard InChI is InChI=1S/2C26H37N3O2.2CH4/c2*1-16(29-15-17(13-27)14-28-29)24(30)23-7-6-22-21-5-4-18-12-25(2,31)10-8-19(18)20(21)9-11-26(22,23)3;;/h2*14-16,18-23,31H,4-12H2,1-3H3;2*1H4/t16-,18+,19+,20-,21-,22+,23-,25-,26+;16-,18-,19-,20+,21+,22-,23+,25+,26-;;/m10../s1. The summed E-state index contributed by atoms with van der Waals surface area (Å²) in [4.78, 5) is 27.2. The molecular formula is C54H82N6O4. The number of fused-ring (bicyclic) bond motifs is 10.